The molecule has 2 rings (SSSR count). The fourth-order valence-electron chi connectivity index (χ4n) is 3.06. The van der Waals surface area contributed by atoms with Crippen LogP contribution in [0.1, 0.15) is 46.1 Å². The molecule has 0 radical (unpaired) electrons. The molecule has 1 amide bonds. The number of piperidine rings is 1. The van der Waals surface area contributed by atoms with Crippen LogP contribution in [-0.4, -0.2) is 47.2 Å². The van der Waals surface area contributed by atoms with Gasteiger partial charge in [0, 0.05) is 25.2 Å². The largest absolute Gasteiger partial charge is 0.444 e. The molecule has 1 aromatic rings. The molecule has 1 fully saturated rings. The summed E-state index contributed by atoms with van der Waals surface area (Å²) in [5.74, 6) is 0. The summed E-state index contributed by atoms with van der Waals surface area (Å²) in [6.45, 7) is 10.4. The lowest BCUT2D eigenvalue weighted by Gasteiger charge is -2.46. The molecule has 1 aliphatic rings. The third kappa shape index (κ3) is 4.96. The first-order chi connectivity index (χ1) is 10.7. The van der Waals surface area contributed by atoms with Gasteiger partial charge < -0.3 is 9.64 Å². The molecule has 0 spiro atoms. The number of rotatable bonds is 3. The summed E-state index contributed by atoms with van der Waals surface area (Å²) >= 11 is 0. The average Bonchev–Trinajstić information content (AvgIpc) is 2.46. The molecule has 4 nitrogen and oxygen atoms in total. The molecule has 0 aliphatic carbocycles. The summed E-state index contributed by atoms with van der Waals surface area (Å²) in [5.41, 5.74) is 0.830. The smallest absolute Gasteiger partial charge is 0.410 e. The fraction of sp³-hybridized carbons (Fsp3) is 0.632. The molecule has 0 aromatic heterocycles. The van der Waals surface area contributed by atoms with Crippen molar-refractivity contribution in [2.45, 2.75) is 58.2 Å². The number of likely N-dealkylation sites (tertiary alicyclic amines) is 1. The van der Waals surface area contributed by atoms with Crippen LogP contribution >= 0.6 is 0 Å². The first-order valence-electron chi connectivity index (χ1n) is 8.43. The van der Waals surface area contributed by atoms with Crippen LogP contribution in [0.15, 0.2) is 30.3 Å². The number of ether oxygens (including phenoxy) is 1. The molecule has 0 unspecified atom stereocenters. The van der Waals surface area contributed by atoms with E-state index in [1.807, 2.05) is 31.7 Å². The van der Waals surface area contributed by atoms with E-state index in [-0.39, 0.29) is 11.6 Å². The number of amides is 1. The van der Waals surface area contributed by atoms with E-state index >= 15 is 0 Å². The number of nitrogens with zero attached hydrogens (tertiary/aromatic N) is 2. The average molecular weight is 318 g/mol. The highest BCUT2D eigenvalue weighted by molar-refractivity contribution is 5.68. The van der Waals surface area contributed by atoms with E-state index in [2.05, 4.69) is 43.1 Å². The highest BCUT2D eigenvalue weighted by Crippen LogP contribution is 2.28. The summed E-state index contributed by atoms with van der Waals surface area (Å²) in [6.07, 6.45) is 1.90. The third-order valence-electron chi connectivity index (χ3n) is 4.51. The molecule has 0 bridgehead atoms. The second-order valence-corrected chi connectivity index (χ2v) is 7.84. The number of carbonyl (C=O) groups is 1. The van der Waals surface area contributed by atoms with Gasteiger partial charge in [-0.1, -0.05) is 30.3 Å². The van der Waals surface area contributed by atoms with Crippen LogP contribution in [-0.2, 0) is 11.3 Å². The molecule has 1 heterocycles. The van der Waals surface area contributed by atoms with E-state index in [9.17, 15) is 4.79 Å². The van der Waals surface area contributed by atoms with Gasteiger partial charge in [0.15, 0.2) is 0 Å². The summed E-state index contributed by atoms with van der Waals surface area (Å²) in [7, 11) is 2.14. The summed E-state index contributed by atoms with van der Waals surface area (Å²) in [5, 5.41) is 0. The Balaban J connectivity index is 2.01. The van der Waals surface area contributed by atoms with Gasteiger partial charge in [0.05, 0.1) is 0 Å². The van der Waals surface area contributed by atoms with E-state index < -0.39 is 5.60 Å². The highest BCUT2D eigenvalue weighted by atomic mass is 16.6. The minimum absolute atomic E-state index is 0.0228. The number of hydrogen-bond acceptors (Lipinski definition) is 3. The molecule has 0 N–H and O–H groups in total. The summed E-state index contributed by atoms with van der Waals surface area (Å²) in [4.78, 5) is 16.6. The second kappa shape index (κ2) is 6.91. The number of carbonyl (C=O) groups excluding carboxylic acids is 1. The summed E-state index contributed by atoms with van der Waals surface area (Å²) < 4.78 is 5.54. The standard InChI is InChI=1S/C19H30N2O2/c1-18(2,3)23-17(22)21-13-9-12-19(4,15-21)20(5)14-16-10-7-6-8-11-16/h6-8,10-11H,9,12-15H2,1-5H3/t19-/m1/s1. The van der Waals surface area contributed by atoms with Crippen LogP contribution in [0, 0.1) is 0 Å². The van der Waals surface area contributed by atoms with Crippen molar-refractivity contribution in [2.75, 3.05) is 20.1 Å². The lowest BCUT2D eigenvalue weighted by Crippen LogP contribution is -2.57. The maximum Gasteiger partial charge on any atom is 0.410 e. The molecule has 23 heavy (non-hydrogen) atoms. The molecule has 1 saturated heterocycles. The van der Waals surface area contributed by atoms with Crippen molar-refractivity contribution < 1.29 is 9.53 Å². The zero-order valence-corrected chi connectivity index (χ0v) is 15.1. The van der Waals surface area contributed by atoms with Crippen molar-refractivity contribution in [3.8, 4) is 0 Å². The molecule has 1 aliphatic heterocycles. The zero-order valence-electron chi connectivity index (χ0n) is 15.1. The Morgan fingerprint density at radius 3 is 2.57 bits per heavy atom. The monoisotopic (exact) mass is 318 g/mol. The molecule has 4 heteroatoms. The summed E-state index contributed by atoms with van der Waals surface area (Å²) in [6, 6.07) is 10.5. The minimum atomic E-state index is -0.444. The molecule has 0 saturated carbocycles. The van der Waals surface area contributed by atoms with Gasteiger partial charge in [0.2, 0.25) is 0 Å². The molecule has 1 aromatic carbocycles. The van der Waals surface area contributed by atoms with E-state index in [1.54, 1.807) is 0 Å². The predicted molar refractivity (Wildman–Crippen MR) is 93.4 cm³/mol. The third-order valence-corrected chi connectivity index (χ3v) is 4.51. The van der Waals surface area contributed by atoms with Crippen LogP contribution in [0.5, 0.6) is 0 Å². The Kier molecular flexibility index (Phi) is 5.35. The van der Waals surface area contributed by atoms with Crippen molar-refractivity contribution in [2.24, 2.45) is 0 Å². The topological polar surface area (TPSA) is 32.8 Å². The highest BCUT2D eigenvalue weighted by Gasteiger charge is 2.37. The Hall–Kier alpha value is -1.55. The van der Waals surface area contributed by atoms with Crippen LogP contribution in [0.3, 0.4) is 0 Å². The number of likely N-dealkylation sites (N-methyl/N-ethyl adjacent to an activating group) is 1. The quantitative estimate of drug-likeness (QED) is 0.847. The fourth-order valence-corrected chi connectivity index (χ4v) is 3.06. The van der Waals surface area contributed by atoms with Gasteiger partial charge in [0.1, 0.15) is 5.60 Å². The Labute approximate surface area is 140 Å². The molecule has 128 valence electrons. The van der Waals surface area contributed by atoms with Crippen molar-refractivity contribution in [3.63, 3.8) is 0 Å². The van der Waals surface area contributed by atoms with Crippen molar-refractivity contribution >= 4 is 6.09 Å². The maximum absolute atomic E-state index is 12.4. The first kappa shape index (κ1) is 17.8. The first-order valence-corrected chi connectivity index (χ1v) is 8.43. The molecular formula is C19H30N2O2. The van der Waals surface area contributed by atoms with Gasteiger partial charge in [0.25, 0.3) is 0 Å². The van der Waals surface area contributed by atoms with E-state index in [0.29, 0.717) is 6.54 Å². The van der Waals surface area contributed by atoms with E-state index in [1.165, 1.54) is 5.56 Å². The van der Waals surface area contributed by atoms with E-state index in [0.717, 1.165) is 25.9 Å². The van der Waals surface area contributed by atoms with Gasteiger partial charge in [-0.05, 0) is 53.1 Å². The SMILES string of the molecule is CN(Cc1ccccc1)[C@]1(C)CCCN(C(=O)OC(C)(C)C)C1. The molecule has 1 atom stereocenters. The number of hydrogen-bond donors (Lipinski definition) is 0. The van der Waals surface area contributed by atoms with E-state index in [4.69, 9.17) is 4.74 Å². The molecular weight excluding hydrogens is 288 g/mol. The second-order valence-electron chi connectivity index (χ2n) is 7.84. The van der Waals surface area contributed by atoms with Crippen LogP contribution in [0.25, 0.3) is 0 Å². The van der Waals surface area contributed by atoms with Gasteiger partial charge in [-0.25, -0.2) is 4.79 Å². The Morgan fingerprint density at radius 2 is 1.96 bits per heavy atom. The van der Waals surface area contributed by atoms with Crippen molar-refractivity contribution in [1.29, 1.82) is 0 Å². The lowest BCUT2D eigenvalue weighted by atomic mass is 9.89. The maximum atomic E-state index is 12.4. The lowest BCUT2D eigenvalue weighted by molar-refractivity contribution is -0.00642. The normalized spacial score (nSPS) is 22.3. The Morgan fingerprint density at radius 1 is 1.30 bits per heavy atom. The van der Waals surface area contributed by atoms with Gasteiger partial charge >= 0.3 is 6.09 Å². The van der Waals surface area contributed by atoms with Gasteiger partial charge in [-0.15, -0.1) is 0 Å². The minimum Gasteiger partial charge on any atom is -0.444 e. The van der Waals surface area contributed by atoms with Crippen LogP contribution < -0.4 is 0 Å². The van der Waals surface area contributed by atoms with Crippen molar-refractivity contribution in [1.82, 2.24) is 9.80 Å². The Bertz CT molecular complexity index is 524. The van der Waals surface area contributed by atoms with Crippen molar-refractivity contribution in [3.05, 3.63) is 35.9 Å². The van der Waals surface area contributed by atoms with Crippen LogP contribution in [0.2, 0.25) is 0 Å². The van der Waals surface area contributed by atoms with Crippen LogP contribution in [0.4, 0.5) is 4.79 Å². The van der Waals surface area contributed by atoms with Gasteiger partial charge in [-0.3, -0.25) is 4.90 Å². The number of benzene rings is 1. The van der Waals surface area contributed by atoms with Gasteiger partial charge in [-0.2, -0.15) is 0 Å². The predicted octanol–water partition coefficient (Wildman–Crippen LogP) is 3.91. The zero-order chi connectivity index (χ0) is 17.1.